The molecule has 0 unspecified atom stereocenters. The molecule has 2 heterocycles. The average molecular weight is 416 g/mol. The first-order valence-electron chi connectivity index (χ1n) is 9.39. The van der Waals surface area contributed by atoms with Gasteiger partial charge in [-0.05, 0) is 42.0 Å². The second-order valence-corrected chi connectivity index (χ2v) is 7.22. The van der Waals surface area contributed by atoms with Gasteiger partial charge in [0.05, 0.1) is 12.8 Å². The van der Waals surface area contributed by atoms with Crippen LogP contribution in [0, 0.1) is 11.3 Å². The Kier molecular flexibility index (Phi) is 5.69. The molecule has 0 aliphatic heterocycles. The van der Waals surface area contributed by atoms with Gasteiger partial charge >= 0.3 is 0 Å². The van der Waals surface area contributed by atoms with E-state index in [1.54, 1.807) is 18.2 Å². The number of nitrogens with one attached hydrogen (secondary N) is 1. The Morgan fingerprint density at radius 1 is 1.13 bits per heavy atom. The zero-order valence-corrected chi connectivity index (χ0v) is 16.8. The summed E-state index contributed by atoms with van der Waals surface area (Å²) in [6.45, 7) is 0.876. The average Bonchev–Trinajstić information content (AvgIpc) is 3.40. The maximum absolute atomic E-state index is 12.5. The van der Waals surface area contributed by atoms with Crippen molar-refractivity contribution in [1.29, 1.82) is 5.26 Å². The molecule has 2 aromatic heterocycles. The van der Waals surface area contributed by atoms with Gasteiger partial charge in [0.15, 0.2) is 0 Å². The van der Waals surface area contributed by atoms with E-state index < -0.39 is 5.91 Å². The first-order valence-corrected chi connectivity index (χ1v) is 9.76. The molecule has 5 nitrogen and oxygen atoms in total. The number of carbonyl (C=O) groups excluding carboxylic acids is 1. The highest BCUT2D eigenvalue weighted by atomic mass is 35.5. The van der Waals surface area contributed by atoms with Crippen LogP contribution in [-0.4, -0.2) is 10.5 Å². The van der Waals surface area contributed by atoms with Crippen LogP contribution in [-0.2, 0) is 17.9 Å². The van der Waals surface area contributed by atoms with Gasteiger partial charge in [-0.2, -0.15) is 5.26 Å². The standard InChI is InChI=1S/C24H18ClN3O2/c25-20-9-7-17(8-10-20)15-28-16-19(22-5-1-2-6-23(22)28)12-18(13-26)24(29)27-14-21-4-3-11-30-21/h1-12,16H,14-15H2,(H,27,29). The molecular formula is C24H18ClN3O2. The Bertz CT molecular complexity index is 1250. The molecule has 148 valence electrons. The van der Waals surface area contributed by atoms with E-state index in [1.807, 2.05) is 60.8 Å². The number of amides is 1. The van der Waals surface area contributed by atoms with E-state index in [0.29, 0.717) is 17.3 Å². The van der Waals surface area contributed by atoms with Crippen molar-refractivity contribution in [2.24, 2.45) is 0 Å². The third-order valence-electron chi connectivity index (χ3n) is 4.75. The van der Waals surface area contributed by atoms with Crippen molar-refractivity contribution < 1.29 is 9.21 Å². The van der Waals surface area contributed by atoms with Crippen LogP contribution >= 0.6 is 11.6 Å². The van der Waals surface area contributed by atoms with E-state index in [-0.39, 0.29) is 12.1 Å². The fourth-order valence-electron chi connectivity index (χ4n) is 3.29. The lowest BCUT2D eigenvalue weighted by Gasteiger charge is -2.05. The molecule has 0 bridgehead atoms. The van der Waals surface area contributed by atoms with Gasteiger partial charge in [-0.25, -0.2) is 0 Å². The van der Waals surface area contributed by atoms with Gasteiger partial charge in [0.25, 0.3) is 5.91 Å². The molecule has 0 radical (unpaired) electrons. The van der Waals surface area contributed by atoms with Crippen molar-refractivity contribution in [2.75, 3.05) is 0 Å². The second kappa shape index (κ2) is 8.73. The molecule has 0 fully saturated rings. The summed E-state index contributed by atoms with van der Waals surface area (Å²) in [7, 11) is 0. The lowest BCUT2D eigenvalue weighted by molar-refractivity contribution is -0.117. The molecule has 0 aliphatic carbocycles. The van der Waals surface area contributed by atoms with Crippen LogP contribution < -0.4 is 5.32 Å². The summed E-state index contributed by atoms with van der Waals surface area (Å²) in [5.41, 5.74) is 2.97. The molecule has 2 aromatic carbocycles. The number of nitrogens with zero attached hydrogens (tertiary/aromatic N) is 2. The molecule has 0 aliphatic rings. The first-order chi connectivity index (χ1) is 14.6. The number of furan rings is 1. The Morgan fingerprint density at radius 2 is 1.93 bits per heavy atom. The molecule has 1 amide bonds. The molecule has 0 saturated carbocycles. The van der Waals surface area contributed by atoms with Crippen molar-refractivity contribution in [2.45, 2.75) is 13.1 Å². The van der Waals surface area contributed by atoms with Crippen LogP contribution in [0.25, 0.3) is 17.0 Å². The van der Waals surface area contributed by atoms with Crippen molar-refractivity contribution >= 4 is 34.5 Å². The Labute approximate surface area is 178 Å². The Hall–Kier alpha value is -3.75. The zero-order chi connectivity index (χ0) is 20.9. The third-order valence-corrected chi connectivity index (χ3v) is 5.01. The fourth-order valence-corrected chi connectivity index (χ4v) is 3.41. The maximum Gasteiger partial charge on any atom is 0.262 e. The molecule has 0 saturated heterocycles. The summed E-state index contributed by atoms with van der Waals surface area (Å²) in [4.78, 5) is 12.5. The third kappa shape index (κ3) is 4.29. The van der Waals surface area contributed by atoms with Crippen molar-refractivity contribution in [1.82, 2.24) is 9.88 Å². The second-order valence-electron chi connectivity index (χ2n) is 6.79. The number of aromatic nitrogens is 1. The number of para-hydroxylation sites is 1. The van der Waals surface area contributed by atoms with Crippen LogP contribution in [0.4, 0.5) is 0 Å². The minimum Gasteiger partial charge on any atom is -0.467 e. The van der Waals surface area contributed by atoms with Crippen LogP contribution in [0.5, 0.6) is 0 Å². The van der Waals surface area contributed by atoms with Gasteiger partial charge in [0.1, 0.15) is 17.4 Å². The summed E-state index contributed by atoms with van der Waals surface area (Å²) in [5.74, 6) is 0.184. The maximum atomic E-state index is 12.5. The number of rotatable bonds is 6. The van der Waals surface area contributed by atoms with Crippen LogP contribution in [0.15, 0.2) is 83.1 Å². The smallest absolute Gasteiger partial charge is 0.262 e. The van der Waals surface area contributed by atoms with E-state index in [0.717, 1.165) is 22.0 Å². The van der Waals surface area contributed by atoms with E-state index in [9.17, 15) is 10.1 Å². The number of benzene rings is 2. The Morgan fingerprint density at radius 3 is 2.67 bits per heavy atom. The minimum absolute atomic E-state index is 0.0379. The van der Waals surface area contributed by atoms with E-state index >= 15 is 0 Å². The molecule has 0 atom stereocenters. The predicted octanol–water partition coefficient (Wildman–Crippen LogP) is 5.16. The predicted molar refractivity (Wildman–Crippen MR) is 117 cm³/mol. The highest BCUT2D eigenvalue weighted by Gasteiger charge is 2.13. The molecule has 30 heavy (non-hydrogen) atoms. The number of nitriles is 1. The number of carbonyl (C=O) groups is 1. The SMILES string of the molecule is N#CC(=Cc1cn(Cc2ccc(Cl)cc2)c2ccccc12)C(=O)NCc1ccco1. The van der Waals surface area contributed by atoms with Gasteiger partial charge < -0.3 is 14.3 Å². The molecular weight excluding hydrogens is 398 g/mol. The number of halogens is 1. The fraction of sp³-hybridized carbons (Fsp3) is 0.0833. The van der Waals surface area contributed by atoms with Crippen LogP contribution in [0.2, 0.25) is 5.02 Å². The molecule has 4 aromatic rings. The monoisotopic (exact) mass is 415 g/mol. The summed E-state index contributed by atoms with van der Waals surface area (Å²) in [6, 6.07) is 21.1. The highest BCUT2D eigenvalue weighted by Crippen LogP contribution is 2.25. The largest absolute Gasteiger partial charge is 0.467 e. The molecule has 0 spiro atoms. The first kappa shape index (κ1) is 19.6. The summed E-state index contributed by atoms with van der Waals surface area (Å²) < 4.78 is 7.31. The van der Waals surface area contributed by atoms with Gasteiger partial charge in [-0.1, -0.05) is 41.9 Å². The topological polar surface area (TPSA) is 71.0 Å². The summed E-state index contributed by atoms with van der Waals surface area (Å²) >= 11 is 5.99. The van der Waals surface area contributed by atoms with E-state index in [1.165, 1.54) is 6.26 Å². The summed E-state index contributed by atoms with van der Waals surface area (Å²) in [6.07, 6.45) is 5.12. The quantitative estimate of drug-likeness (QED) is 0.349. The Balaban J connectivity index is 1.63. The molecule has 6 heteroatoms. The number of hydrogen-bond donors (Lipinski definition) is 1. The number of hydrogen-bond acceptors (Lipinski definition) is 3. The van der Waals surface area contributed by atoms with Gasteiger partial charge in [0.2, 0.25) is 0 Å². The van der Waals surface area contributed by atoms with E-state index in [4.69, 9.17) is 16.0 Å². The lowest BCUT2D eigenvalue weighted by atomic mass is 10.1. The van der Waals surface area contributed by atoms with Crippen molar-refractivity contribution in [3.05, 3.63) is 101 Å². The number of fused-ring (bicyclic) bond motifs is 1. The normalized spacial score (nSPS) is 11.4. The highest BCUT2D eigenvalue weighted by molar-refractivity contribution is 6.30. The van der Waals surface area contributed by atoms with Gasteiger partial charge in [-0.15, -0.1) is 0 Å². The van der Waals surface area contributed by atoms with E-state index in [2.05, 4.69) is 9.88 Å². The minimum atomic E-state index is -0.441. The van der Waals surface area contributed by atoms with Gasteiger partial charge in [0, 0.05) is 34.2 Å². The lowest BCUT2D eigenvalue weighted by Crippen LogP contribution is -2.23. The molecule has 1 N–H and O–H groups in total. The summed E-state index contributed by atoms with van der Waals surface area (Å²) in [5, 5.41) is 13.9. The van der Waals surface area contributed by atoms with Crippen molar-refractivity contribution in [3.8, 4) is 6.07 Å². The zero-order valence-electron chi connectivity index (χ0n) is 16.0. The molecule has 4 rings (SSSR count). The van der Waals surface area contributed by atoms with Crippen molar-refractivity contribution in [3.63, 3.8) is 0 Å². The van der Waals surface area contributed by atoms with Gasteiger partial charge in [-0.3, -0.25) is 4.79 Å². The van der Waals surface area contributed by atoms with Crippen LogP contribution in [0.3, 0.4) is 0 Å². The van der Waals surface area contributed by atoms with Crippen LogP contribution in [0.1, 0.15) is 16.9 Å².